The van der Waals surface area contributed by atoms with Crippen molar-refractivity contribution in [3.63, 3.8) is 0 Å². The second-order valence-electron chi connectivity index (χ2n) is 4.70. The number of hydrogen-bond acceptors (Lipinski definition) is 5. The van der Waals surface area contributed by atoms with Crippen LogP contribution in [0.5, 0.6) is 0 Å². The van der Waals surface area contributed by atoms with Crippen molar-refractivity contribution in [1.82, 2.24) is 19.7 Å². The Morgan fingerprint density at radius 1 is 1.21 bits per heavy atom. The Balaban J connectivity index is 1.72. The number of nitrogens with zero attached hydrogens (tertiary/aromatic N) is 4. The fourth-order valence-corrected chi connectivity index (χ4v) is 3.17. The fourth-order valence-electron chi connectivity index (χ4n) is 2.28. The largest absolute Gasteiger partial charge is 0.384 e. The number of hydrogen-bond donors (Lipinski definition) is 1. The summed E-state index contributed by atoms with van der Waals surface area (Å²) in [6.07, 6.45) is 4.77. The Labute approximate surface area is 116 Å². The lowest BCUT2D eigenvalue weighted by Gasteiger charge is -2.06. The van der Waals surface area contributed by atoms with Crippen LogP contribution in [-0.4, -0.2) is 19.7 Å². The Morgan fingerprint density at radius 2 is 2.16 bits per heavy atom. The van der Waals surface area contributed by atoms with Crippen molar-refractivity contribution in [3.05, 3.63) is 29.7 Å². The van der Waals surface area contributed by atoms with Gasteiger partial charge in [0.1, 0.15) is 11.6 Å². The van der Waals surface area contributed by atoms with Gasteiger partial charge < -0.3 is 10.3 Å². The highest BCUT2D eigenvalue weighted by atomic mass is 32.2. The lowest BCUT2D eigenvalue weighted by atomic mass is 10.2. The van der Waals surface area contributed by atoms with Crippen molar-refractivity contribution in [3.8, 4) is 0 Å². The molecule has 2 aromatic heterocycles. The smallest absolute Gasteiger partial charge is 0.191 e. The summed E-state index contributed by atoms with van der Waals surface area (Å²) in [5, 5.41) is 9.59. The molecule has 0 bridgehead atoms. The van der Waals surface area contributed by atoms with E-state index in [1.165, 1.54) is 19.3 Å². The zero-order valence-electron chi connectivity index (χ0n) is 10.7. The Kier molecular flexibility index (Phi) is 3.68. The van der Waals surface area contributed by atoms with E-state index in [2.05, 4.69) is 19.7 Å². The molecule has 0 saturated heterocycles. The van der Waals surface area contributed by atoms with E-state index < -0.39 is 0 Å². The SMILES string of the molecule is Nc1cccc(CSc2nnc3n2CCCCC3)n1. The van der Waals surface area contributed by atoms with Crippen LogP contribution >= 0.6 is 11.8 Å². The molecule has 0 saturated carbocycles. The van der Waals surface area contributed by atoms with E-state index in [4.69, 9.17) is 5.73 Å². The van der Waals surface area contributed by atoms with Gasteiger partial charge in [0.2, 0.25) is 0 Å². The number of aryl methyl sites for hydroxylation is 1. The summed E-state index contributed by atoms with van der Waals surface area (Å²) >= 11 is 1.68. The maximum absolute atomic E-state index is 5.69. The molecule has 3 heterocycles. The number of pyridine rings is 1. The van der Waals surface area contributed by atoms with Crippen molar-refractivity contribution < 1.29 is 0 Å². The van der Waals surface area contributed by atoms with Gasteiger partial charge in [0.15, 0.2) is 5.16 Å². The summed E-state index contributed by atoms with van der Waals surface area (Å²) < 4.78 is 2.25. The van der Waals surface area contributed by atoms with Gasteiger partial charge in [-0.1, -0.05) is 24.2 Å². The molecule has 5 nitrogen and oxygen atoms in total. The van der Waals surface area contributed by atoms with Gasteiger partial charge in [-0.25, -0.2) is 4.98 Å². The van der Waals surface area contributed by atoms with Crippen LogP contribution in [-0.2, 0) is 18.7 Å². The normalized spacial score (nSPS) is 14.9. The quantitative estimate of drug-likeness (QED) is 0.870. The third kappa shape index (κ3) is 2.89. The van der Waals surface area contributed by atoms with Crippen LogP contribution in [0.1, 0.15) is 30.8 Å². The first kappa shape index (κ1) is 12.5. The standard InChI is InChI=1S/C13H17N5S/c14-11-6-4-5-10(15-11)9-19-13-17-16-12-7-2-1-3-8-18(12)13/h4-6H,1-3,7-9H2,(H2,14,15). The van der Waals surface area contributed by atoms with E-state index in [-0.39, 0.29) is 0 Å². The van der Waals surface area contributed by atoms with Crippen LogP contribution in [0, 0.1) is 0 Å². The minimum absolute atomic E-state index is 0.568. The number of anilines is 1. The second kappa shape index (κ2) is 5.61. The van der Waals surface area contributed by atoms with E-state index in [1.54, 1.807) is 17.8 Å². The predicted octanol–water partition coefficient (Wildman–Crippen LogP) is 2.27. The zero-order chi connectivity index (χ0) is 13.1. The molecular weight excluding hydrogens is 258 g/mol. The van der Waals surface area contributed by atoms with E-state index in [9.17, 15) is 0 Å². The lowest BCUT2D eigenvalue weighted by Crippen LogP contribution is -2.02. The zero-order valence-corrected chi connectivity index (χ0v) is 11.6. The lowest BCUT2D eigenvalue weighted by molar-refractivity contribution is 0.591. The molecule has 3 rings (SSSR count). The Hall–Kier alpha value is -1.56. The molecule has 1 aliphatic heterocycles. The minimum Gasteiger partial charge on any atom is -0.384 e. The van der Waals surface area contributed by atoms with Gasteiger partial charge in [-0.15, -0.1) is 10.2 Å². The highest BCUT2D eigenvalue weighted by Gasteiger charge is 2.15. The van der Waals surface area contributed by atoms with Gasteiger partial charge in [-0.05, 0) is 25.0 Å². The molecule has 0 fully saturated rings. The van der Waals surface area contributed by atoms with Crippen LogP contribution < -0.4 is 5.73 Å². The van der Waals surface area contributed by atoms with E-state index in [1.807, 2.05) is 12.1 Å². The Morgan fingerprint density at radius 3 is 3.05 bits per heavy atom. The number of aromatic nitrogens is 4. The van der Waals surface area contributed by atoms with Crippen LogP contribution in [0.2, 0.25) is 0 Å². The minimum atomic E-state index is 0.568. The molecule has 0 aromatic carbocycles. The van der Waals surface area contributed by atoms with Gasteiger partial charge in [0, 0.05) is 18.7 Å². The van der Waals surface area contributed by atoms with Crippen molar-refractivity contribution in [2.75, 3.05) is 5.73 Å². The molecule has 19 heavy (non-hydrogen) atoms. The average Bonchev–Trinajstić information content (AvgIpc) is 2.64. The van der Waals surface area contributed by atoms with Crippen molar-refractivity contribution in [2.24, 2.45) is 0 Å². The average molecular weight is 275 g/mol. The van der Waals surface area contributed by atoms with E-state index >= 15 is 0 Å². The monoisotopic (exact) mass is 275 g/mol. The molecule has 100 valence electrons. The predicted molar refractivity (Wildman–Crippen MR) is 75.8 cm³/mol. The van der Waals surface area contributed by atoms with Gasteiger partial charge in [-0.3, -0.25) is 0 Å². The number of nitrogen functional groups attached to an aromatic ring is 1. The van der Waals surface area contributed by atoms with E-state index in [0.29, 0.717) is 5.82 Å². The molecule has 0 aliphatic carbocycles. The van der Waals surface area contributed by atoms with Crippen LogP contribution in [0.25, 0.3) is 0 Å². The summed E-state index contributed by atoms with van der Waals surface area (Å²) in [6.45, 7) is 1.04. The Bertz CT molecular complexity index is 566. The van der Waals surface area contributed by atoms with E-state index in [0.717, 1.165) is 35.4 Å². The molecule has 0 amide bonds. The topological polar surface area (TPSA) is 69.6 Å². The molecule has 0 radical (unpaired) electrons. The maximum atomic E-state index is 5.69. The van der Waals surface area contributed by atoms with Gasteiger partial charge >= 0.3 is 0 Å². The molecular formula is C13H17N5S. The first-order chi connectivity index (χ1) is 9.33. The van der Waals surface area contributed by atoms with Crippen LogP contribution in [0.4, 0.5) is 5.82 Å². The third-order valence-corrected chi connectivity index (χ3v) is 4.25. The van der Waals surface area contributed by atoms with Crippen molar-refractivity contribution in [2.45, 2.75) is 43.1 Å². The molecule has 0 unspecified atom stereocenters. The van der Waals surface area contributed by atoms with Crippen molar-refractivity contribution in [1.29, 1.82) is 0 Å². The molecule has 1 aliphatic rings. The maximum Gasteiger partial charge on any atom is 0.191 e. The first-order valence-corrected chi connectivity index (χ1v) is 7.58. The molecule has 2 aromatic rings. The molecule has 0 spiro atoms. The number of fused-ring (bicyclic) bond motifs is 1. The highest BCUT2D eigenvalue weighted by molar-refractivity contribution is 7.98. The molecule has 0 atom stereocenters. The number of thioether (sulfide) groups is 1. The first-order valence-electron chi connectivity index (χ1n) is 6.59. The number of rotatable bonds is 3. The van der Waals surface area contributed by atoms with Gasteiger partial charge in [0.25, 0.3) is 0 Å². The molecule has 6 heteroatoms. The second-order valence-corrected chi connectivity index (χ2v) is 5.65. The number of nitrogens with two attached hydrogens (primary N) is 1. The highest BCUT2D eigenvalue weighted by Crippen LogP contribution is 2.24. The summed E-state index contributed by atoms with van der Waals surface area (Å²) in [4.78, 5) is 4.30. The summed E-state index contributed by atoms with van der Waals surface area (Å²) in [5.41, 5.74) is 6.67. The van der Waals surface area contributed by atoms with Crippen LogP contribution in [0.15, 0.2) is 23.4 Å². The summed E-state index contributed by atoms with van der Waals surface area (Å²) in [6, 6.07) is 5.73. The van der Waals surface area contributed by atoms with Crippen molar-refractivity contribution >= 4 is 17.6 Å². The third-order valence-electron chi connectivity index (χ3n) is 3.25. The van der Waals surface area contributed by atoms with Gasteiger partial charge in [0.05, 0.1) is 5.69 Å². The fraction of sp³-hybridized carbons (Fsp3) is 0.462. The summed E-state index contributed by atoms with van der Waals surface area (Å²) in [7, 11) is 0. The van der Waals surface area contributed by atoms with Crippen LogP contribution in [0.3, 0.4) is 0 Å². The summed E-state index contributed by atoms with van der Waals surface area (Å²) in [5.74, 6) is 2.47. The van der Waals surface area contributed by atoms with Gasteiger partial charge in [-0.2, -0.15) is 0 Å². The molecule has 2 N–H and O–H groups in total.